The number of nitrogens with one attached hydrogen (secondary N) is 2. The van der Waals surface area contributed by atoms with E-state index >= 15 is 0 Å². The van der Waals surface area contributed by atoms with Gasteiger partial charge in [-0.2, -0.15) is 0 Å². The number of ether oxygens (including phenoxy) is 1. The maximum absolute atomic E-state index is 12.6. The summed E-state index contributed by atoms with van der Waals surface area (Å²) in [6.07, 6.45) is 0.0721. The Morgan fingerprint density at radius 1 is 1.00 bits per heavy atom. The fourth-order valence-corrected chi connectivity index (χ4v) is 3.09. The summed E-state index contributed by atoms with van der Waals surface area (Å²) in [5, 5.41) is 11.6. The third-order valence-electron chi connectivity index (χ3n) is 4.64. The molecule has 0 saturated heterocycles. The van der Waals surface area contributed by atoms with Crippen molar-refractivity contribution in [2.45, 2.75) is 19.8 Å². The molecule has 0 saturated carbocycles. The Morgan fingerprint density at radius 3 is 2.39 bits per heavy atom. The quantitative estimate of drug-likeness (QED) is 0.508. The summed E-state index contributed by atoms with van der Waals surface area (Å²) >= 11 is 0. The molecule has 0 radical (unpaired) electrons. The first-order valence-corrected chi connectivity index (χ1v) is 9.63. The second kappa shape index (κ2) is 9.62. The Labute approximate surface area is 179 Å². The van der Waals surface area contributed by atoms with Gasteiger partial charge >= 0.3 is 17.8 Å². The SMILES string of the molecule is COc1ccc(-c2ccc(CCC(=O)O)n2NC(=O)C(=O)Nc2cccc(C)c2)cc1. The molecule has 8 nitrogen and oxygen atoms in total. The van der Waals surface area contributed by atoms with Crippen molar-refractivity contribution >= 4 is 23.5 Å². The predicted octanol–water partition coefficient (Wildman–Crippen LogP) is 3.20. The monoisotopic (exact) mass is 421 g/mol. The standard InChI is InChI=1S/C23H23N3O5/c1-15-4-3-5-17(14-15)24-22(29)23(30)25-26-18(9-13-21(27)28)8-12-20(26)16-6-10-19(31-2)11-7-16/h3-8,10-12,14H,9,13H2,1-2H3,(H,24,29)(H,25,30)(H,27,28). The highest BCUT2D eigenvalue weighted by Gasteiger charge is 2.19. The predicted molar refractivity (Wildman–Crippen MR) is 117 cm³/mol. The van der Waals surface area contributed by atoms with Gasteiger partial charge in [0.05, 0.1) is 19.2 Å². The number of nitrogens with zero attached hydrogens (tertiary/aromatic N) is 1. The van der Waals surface area contributed by atoms with Crippen LogP contribution in [0.25, 0.3) is 11.3 Å². The summed E-state index contributed by atoms with van der Waals surface area (Å²) in [6.45, 7) is 1.88. The molecule has 0 atom stereocenters. The molecule has 1 aromatic heterocycles. The molecular weight excluding hydrogens is 398 g/mol. The summed E-state index contributed by atoms with van der Waals surface area (Å²) in [5.74, 6) is -1.98. The minimum Gasteiger partial charge on any atom is -0.497 e. The molecule has 2 aromatic carbocycles. The van der Waals surface area contributed by atoms with Crippen LogP contribution >= 0.6 is 0 Å². The third-order valence-corrected chi connectivity index (χ3v) is 4.64. The van der Waals surface area contributed by atoms with Crippen LogP contribution in [0, 0.1) is 6.92 Å². The highest BCUT2D eigenvalue weighted by atomic mass is 16.5. The van der Waals surface area contributed by atoms with Gasteiger partial charge in [-0.1, -0.05) is 12.1 Å². The molecule has 0 bridgehead atoms. The smallest absolute Gasteiger partial charge is 0.328 e. The van der Waals surface area contributed by atoms with Gasteiger partial charge in [-0.05, 0) is 61.0 Å². The van der Waals surface area contributed by atoms with Crippen molar-refractivity contribution in [3.05, 3.63) is 71.9 Å². The molecule has 160 valence electrons. The number of methoxy groups -OCH3 is 1. The van der Waals surface area contributed by atoms with Gasteiger partial charge < -0.3 is 15.2 Å². The molecule has 3 rings (SSSR count). The molecule has 0 spiro atoms. The van der Waals surface area contributed by atoms with Crippen molar-refractivity contribution < 1.29 is 24.2 Å². The van der Waals surface area contributed by atoms with Crippen molar-refractivity contribution in [2.75, 3.05) is 17.9 Å². The van der Waals surface area contributed by atoms with Crippen molar-refractivity contribution in [3.8, 4) is 17.0 Å². The molecule has 0 fully saturated rings. The fourth-order valence-electron chi connectivity index (χ4n) is 3.09. The minimum atomic E-state index is -0.956. The van der Waals surface area contributed by atoms with Gasteiger partial charge in [-0.3, -0.25) is 24.5 Å². The molecule has 2 amide bonds. The number of hydrogen-bond donors (Lipinski definition) is 3. The lowest BCUT2D eigenvalue weighted by molar-refractivity contribution is -0.137. The van der Waals surface area contributed by atoms with E-state index in [1.807, 2.05) is 25.1 Å². The Bertz CT molecular complexity index is 1100. The number of carboxylic acid groups (broad SMARTS) is 1. The van der Waals surface area contributed by atoms with Gasteiger partial charge in [0.1, 0.15) is 5.75 Å². The van der Waals surface area contributed by atoms with Crippen LogP contribution in [0.5, 0.6) is 5.75 Å². The summed E-state index contributed by atoms with van der Waals surface area (Å²) in [6, 6.07) is 17.8. The molecule has 31 heavy (non-hydrogen) atoms. The number of anilines is 1. The van der Waals surface area contributed by atoms with E-state index < -0.39 is 17.8 Å². The lowest BCUT2D eigenvalue weighted by atomic mass is 10.1. The van der Waals surface area contributed by atoms with Crippen LogP contribution in [0.2, 0.25) is 0 Å². The van der Waals surface area contributed by atoms with E-state index in [9.17, 15) is 14.4 Å². The number of carboxylic acids is 1. The Morgan fingerprint density at radius 2 is 1.74 bits per heavy atom. The highest BCUT2D eigenvalue weighted by Crippen LogP contribution is 2.25. The van der Waals surface area contributed by atoms with Crippen LogP contribution in [-0.2, 0) is 20.8 Å². The first kappa shape index (κ1) is 21.6. The van der Waals surface area contributed by atoms with E-state index in [1.165, 1.54) is 4.68 Å². The fraction of sp³-hybridized carbons (Fsp3) is 0.174. The lowest BCUT2D eigenvalue weighted by Gasteiger charge is -2.15. The van der Waals surface area contributed by atoms with Crippen molar-refractivity contribution in [1.29, 1.82) is 0 Å². The zero-order valence-corrected chi connectivity index (χ0v) is 17.2. The molecule has 0 aliphatic rings. The van der Waals surface area contributed by atoms with E-state index in [4.69, 9.17) is 9.84 Å². The van der Waals surface area contributed by atoms with E-state index in [-0.39, 0.29) is 12.8 Å². The molecular formula is C23H23N3O5. The second-order valence-electron chi connectivity index (χ2n) is 6.93. The normalized spacial score (nSPS) is 10.4. The number of aryl methyl sites for hydroxylation is 2. The first-order valence-electron chi connectivity index (χ1n) is 9.63. The van der Waals surface area contributed by atoms with Crippen molar-refractivity contribution in [2.24, 2.45) is 0 Å². The number of hydrogen-bond acceptors (Lipinski definition) is 4. The average molecular weight is 421 g/mol. The Balaban J connectivity index is 1.85. The maximum atomic E-state index is 12.6. The summed E-state index contributed by atoms with van der Waals surface area (Å²) in [4.78, 5) is 36.0. The summed E-state index contributed by atoms with van der Waals surface area (Å²) < 4.78 is 6.62. The van der Waals surface area contributed by atoms with Crippen LogP contribution in [-0.4, -0.2) is 34.7 Å². The number of benzene rings is 2. The van der Waals surface area contributed by atoms with Crippen LogP contribution in [0.15, 0.2) is 60.7 Å². The van der Waals surface area contributed by atoms with Gasteiger partial charge in [-0.15, -0.1) is 0 Å². The minimum absolute atomic E-state index is 0.114. The number of aromatic nitrogens is 1. The summed E-state index contributed by atoms with van der Waals surface area (Å²) in [5.41, 5.74) is 5.98. The molecule has 8 heteroatoms. The van der Waals surface area contributed by atoms with Gasteiger partial charge in [-0.25, -0.2) is 0 Å². The van der Waals surface area contributed by atoms with Gasteiger partial charge in [0, 0.05) is 23.4 Å². The van der Waals surface area contributed by atoms with E-state index in [0.717, 1.165) is 11.1 Å². The Hall–Kier alpha value is -4.07. The summed E-state index contributed by atoms with van der Waals surface area (Å²) in [7, 11) is 1.56. The van der Waals surface area contributed by atoms with Crippen LogP contribution in [0.3, 0.4) is 0 Å². The topological polar surface area (TPSA) is 110 Å². The average Bonchev–Trinajstić information content (AvgIpc) is 3.14. The molecule has 0 aliphatic carbocycles. The zero-order valence-electron chi connectivity index (χ0n) is 17.2. The van der Waals surface area contributed by atoms with E-state index in [1.54, 1.807) is 49.6 Å². The van der Waals surface area contributed by atoms with E-state index in [0.29, 0.717) is 22.8 Å². The van der Waals surface area contributed by atoms with Crippen LogP contribution in [0.4, 0.5) is 5.69 Å². The third kappa shape index (κ3) is 5.51. The van der Waals surface area contributed by atoms with Gasteiger partial charge in [0.25, 0.3) is 0 Å². The highest BCUT2D eigenvalue weighted by molar-refractivity contribution is 6.42. The first-order chi connectivity index (χ1) is 14.9. The molecule has 3 N–H and O–H groups in total. The van der Waals surface area contributed by atoms with Crippen LogP contribution in [0.1, 0.15) is 17.7 Å². The number of carbonyl (C=O) groups excluding carboxylic acids is 2. The lowest BCUT2D eigenvalue weighted by Crippen LogP contribution is -2.35. The van der Waals surface area contributed by atoms with Gasteiger partial charge in [0.2, 0.25) is 0 Å². The maximum Gasteiger partial charge on any atom is 0.328 e. The zero-order chi connectivity index (χ0) is 22.4. The second-order valence-corrected chi connectivity index (χ2v) is 6.93. The largest absolute Gasteiger partial charge is 0.497 e. The van der Waals surface area contributed by atoms with Crippen LogP contribution < -0.4 is 15.5 Å². The van der Waals surface area contributed by atoms with E-state index in [2.05, 4.69) is 10.7 Å². The number of aliphatic carboxylic acids is 1. The molecule has 1 heterocycles. The van der Waals surface area contributed by atoms with Crippen molar-refractivity contribution in [3.63, 3.8) is 0 Å². The number of amides is 2. The Kier molecular flexibility index (Phi) is 6.71. The molecule has 0 aliphatic heterocycles. The van der Waals surface area contributed by atoms with Crippen molar-refractivity contribution in [1.82, 2.24) is 4.68 Å². The molecule has 3 aromatic rings. The number of rotatable bonds is 7. The number of carbonyl (C=O) groups is 3. The molecule has 0 unspecified atom stereocenters. The van der Waals surface area contributed by atoms with Gasteiger partial charge in [0.15, 0.2) is 0 Å².